The molecule has 3 aromatic carbocycles. The van der Waals surface area contributed by atoms with Gasteiger partial charge in [-0.3, -0.25) is 14.5 Å². The van der Waals surface area contributed by atoms with Crippen LogP contribution in [0.4, 0.5) is 0 Å². The lowest BCUT2D eigenvalue weighted by atomic mass is 9.77. The minimum Gasteiger partial charge on any atom is -0.345 e. The molecule has 2 fully saturated rings. The van der Waals surface area contributed by atoms with Gasteiger partial charge in [0, 0.05) is 25.2 Å². The number of nitriles is 1. The first-order chi connectivity index (χ1) is 19.9. The third-order valence-corrected chi connectivity index (χ3v) is 9.71. The lowest BCUT2D eigenvalue weighted by Crippen LogP contribution is -2.42. The van der Waals surface area contributed by atoms with Gasteiger partial charge in [-0.2, -0.15) is 5.26 Å². The molecule has 1 spiro atoms. The summed E-state index contributed by atoms with van der Waals surface area (Å²) < 4.78 is 0. The Morgan fingerprint density at radius 3 is 2.61 bits per heavy atom. The Labute approximate surface area is 246 Å². The van der Waals surface area contributed by atoms with Gasteiger partial charge in [-0.1, -0.05) is 48.0 Å². The summed E-state index contributed by atoms with van der Waals surface area (Å²) in [5.41, 5.74) is 6.28. The Balaban J connectivity index is 1.09. The van der Waals surface area contributed by atoms with E-state index in [9.17, 15) is 14.9 Å². The molecule has 1 atom stereocenters. The van der Waals surface area contributed by atoms with Gasteiger partial charge in [-0.05, 0) is 104 Å². The Bertz CT molecular complexity index is 1520. The summed E-state index contributed by atoms with van der Waals surface area (Å²) in [5, 5.41) is 13.1. The maximum absolute atomic E-state index is 13.7. The minimum atomic E-state index is -0.174. The Morgan fingerprint density at radius 1 is 1.05 bits per heavy atom. The number of amides is 2. The lowest BCUT2D eigenvalue weighted by Gasteiger charge is -2.39. The number of carbonyl (C=O) groups is 2. The van der Waals surface area contributed by atoms with Crippen LogP contribution in [-0.2, 0) is 13.0 Å². The van der Waals surface area contributed by atoms with Gasteiger partial charge in [0.2, 0.25) is 0 Å². The second-order valence-corrected chi connectivity index (χ2v) is 12.3. The maximum Gasteiger partial charge on any atom is 0.253 e. The Morgan fingerprint density at radius 2 is 1.83 bits per heavy atom. The molecule has 210 valence electrons. The van der Waals surface area contributed by atoms with Crippen LogP contribution < -0.4 is 5.32 Å². The SMILES string of the molecule is Cc1cccc(Cl)c1C(=O)NC1CCc2ccc(C(=O)N3CCC4(CCN(Cc5ccccc5C#N)CC4)C3)cc21. The van der Waals surface area contributed by atoms with Crippen molar-refractivity contribution in [1.29, 1.82) is 5.26 Å². The number of hydrogen-bond acceptors (Lipinski definition) is 4. The van der Waals surface area contributed by atoms with Crippen LogP contribution in [0.2, 0.25) is 5.02 Å². The van der Waals surface area contributed by atoms with Crippen molar-refractivity contribution in [2.24, 2.45) is 5.41 Å². The van der Waals surface area contributed by atoms with Crippen molar-refractivity contribution in [2.75, 3.05) is 26.2 Å². The van der Waals surface area contributed by atoms with Gasteiger partial charge in [0.15, 0.2) is 0 Å². The highest BCUT2D eigenvalue weighted by Gasteiger charge is 2.42. The Hall–Kier alpha value is -3.66. The first-order valence-corrected chi connectivity index (χ1v) is 14.9. The van der Waals surface area contributed by atoms with Crippen LogP contribution >= 0.6 is 11.6 Å². The second-order valence-electron chi connectivity index (χ2n) is 11.9. The fourth-order valence-electron chi connectivity index (χ4n) is 6.93. The zero-order valence-electron chi connectivity index (χ0n) is 23.5. The van der Waals surface area contributed by atoms with Crippen molar-refractivity contribution in [3.63, 3.8) is 0 Å². The zero-order valence-corrected chi connectivity index (χ0v) is 24.2. The standard InChI is InChI=1S/C34H35ClN4O2/c1-23-5-4-8-29(35)31(23)32(40)37-30-12-11-24-9-10-25(19-28(24)30)33(41)39-18-15-34(22-39)13-16-38(17-14-34)21-27-7-3-2-6-26(27)20-36/h2-10,19,30H,11-18,21-22H2,1H3,(H,37,40). The molecule has 2 aliphatic heterocycles. The summed E-state index contributed by atoms with van der Waals surface area (Å²) >= 11 is 6.34. The van der Waals surface area contributed by atoms with Crippen molar-refractivity contribution in [2.45, 2.75) is 51.6 Å². The van der Waals surface area contributed by atoms with E-state index in [2.05, 4.69) is 22.4 Å². The second kappa shape index (κ2) is 11.3. The van der Waals surface area contributed by atoms with Gasteiger partial charge in [0.1, 0.15) is 0 Å². The molecule has 1 unspecified atom stereocenters. The fourth-order valence-corrected chi connectivity index (χ4v) is 7.24. The van der Waals surface area contributed by atoms with Crippen LogP contribution in [0, 0.1) is 23.7 Å². The molecule has 0 saturated carbocycles. The zero-order chi connectivity index (χ0) is 28.6. The van der Waals surface area contributed by atoms with Crippen molar-refractivity contribution in [1.82, 2.24) is 15.1 Å². The molecule has 2 saturated heterocycles. The third-order valence-electron chi connectivity index (χ3n) is 9.40. The van der Waals surface area contributed by atoms with E-state index in [4.69, 9.17) is 11.6 Å². The molecule has 3 aromatic rings. The summed E-state index contributed by atoms with van der Waals surface area (Å²) in [6, 6.07) is 21.5. The number of likely N-dealkylation sites (tertiary alicyclic amines) is 2. The number of benzene rings is 3. The first kappa shape index (κ1) is 27.5. The van der Waals surface area contributed by atoms with E-state index in [1.54, 1.807) is 6.07 Å². The predicted octanol–water partition coefficient (Wildman–Crippen LogP) is 6.07. The van der Waals surface area contributed by atoms with Gasteiger partial charge >= 0.3 is 0 Å². The van der Waals surface area contributed by atoms with Crippen molar-refractivity contribution in [3.05, 3.63) is 105 Å². The molecule has 6 rings (SSSR count). The average Bonchev–Trinajstić information content (AvgIpc) is 3.58. The van der Waals surface area contributed by atoms with E-state index in [-0.39, 0.29) is 23.3 Å². The number of carbonyl (C=O) groups excluding carboxylic acids is 2. The van der Waals surface area contributed by atoms with Crippen molar-refractivity contribution in [3.8, 4) is 6.07 Å². The monoisotopic (exact) mass is 566 g/mol. The molecular formula is C34H35ClN4O2. The molecule has 7 heteroatoms. The van der Waals surface area contributed by atoms with Crippen LogP contribution in [0.25, 0.3) is 0 Å². The average molecular weight is 567 g/mol. The molecule has 2 heterocycles. The quantitative estimate of drug-likeness (QED) is 0.407. The Kier molecular flexibility index (Phi) is 7.59. The van der Waals surface area contributed by atoms with Crippen LogP contribution in [0.15, 0.2) is 60.7 Å². The number of aryl methyl sites for hydroxylation is 2. The first-order valence-electron chi connectivity index (χ1n) is 14.5. The van der Waals surface area contributed by atoms with Gasteiger partial charge < -0.3 is 10.2 Å². The fraction of sp³-hybridized carbons (Fsp3) is 0.382. The molecule has 1 N–H and O–H groups in total. The summed E-state index contributed by atoms with van der Waals surface area (Å²) in [4.78, 5) is 31.3. The molecule has 0 radical (unpaired) electrons. The number of rotatable bonds is 5. The van der Waals surface area contributed by atoms with Crippen molar-refractivity contribution >= 4 is 23.4 Å². The normalized spacial score (nSPS) is 19.6. The van der Waals surface area contributed by atoms with Crippen LogP contribution in [0.1, 0.15) is 80.3 Å². The summed E-state index contributed by atoms with van der Waals surface area (Å²) in [5.74, 6) is -0.0967. The largest absolute Gasteiger partial charge is 0.345 e. The molecule has 0 bridgehead atoms. The molecular weight excluding hydrogens is 532 g/mol. The van der Waals surface area contributed by atoms with Crippen LogP contribution in [-0.4, -0.2) is 47.8 Å². The van der Waals surface area contributed by atoms with Gasteiger partial charge in [0.05, 0.1) is 28.3 Å². The van der Waals surface area contributed by atoms with E-state index in [1.807, 2.05) is 60.4 Å². The van der Waals surface area contributed by atoms with Crippen LogP contribution in [0.3, 0.4) is 0 Å². The lowest BCUT2D eigenvalue weighted by molar-refractivity contribution is 0.0713. The summed E-state index contributed by atoms with van der Waals surface area (Å²) in [7, 11) is 0. The molecule has 41 heavy (non-hydrogen) atoms. The molecule has 3 aliphatic rings. The van der Waals surface area contributed by atoms with Crippen molar-refractivity contribution < 1.29 is 9.59 Å². The summed E-state index contributed by atoms with van der Waals surface area (Å²) in [6.07, 6.45) is 4.83. The van der Waals surface area contributed by atoms with E-state index < -0.39 is 0 Å². The number of piperidine rings is 1. The van der Waals surface area contributed by atoms with Gasteiger partial charge in [-0.15, -0.1) is 0 Å². The highest BCUT2D eigenvalue weighted by Crippen LogP contribution is 2.41. The highest BCUT2D eigenvalue weighted by molar-refractivity contribution is 6.34. The minimum absolute atomic E-state index is 0.0778. The number of nitrogens with one attached hydrogen (secondary N) is 1. The smallest absolute Gasteiger partial charge is 0.253 e. The third kappa shape index (κ3) is 5.49. The van der Waals surface area contributed by atoms with E-state index in [1.165, 1.54) is 5.56 Å². The number of halogens is 1. The number of fused-ring (bicyclic) bond motifs is 1. The highest BCUT2D eigenvalue weighted by atomic mass is 35.5. The van der Waals surface area contributed by atoms with E-state index in [0.29, 0.717) is 16.1 Å². The predicted molar refractivity (Wildman–Crippen MR) is 160 cm³/mol. The molecule has 2 amide bonds. The van der Waals surface area contributed by atoms with Crippen LogP contribution in [0.5, 0.6) is 0 Å². The number of hydrogen-bond donors (Lipinski definition) is 1. The van der Waals surface area contributed by atoms with E-state index in [0.717, 1.165) is 87.1 Å². The number of nitrogens with zero attached hydrogens (tertiary/aromatic N) is 3. The summed E-state index contributed by atoms with van der Waals surface area (Å²) in [6.45, 7) is 6.21. The maximum atomic E-state index is 13.7. The molecule has 0 aromatic heterocycles. The van der Waals surface area contributed by atoms with Gasteiger partial charge in [-0.25, -0.2) is 0 Å². The van der Waals surface area contributed by atoms with E-state index >= 15 is 0 Å². The molecule has 1 aliphatic carbocycles. The topological polar surface area (TPSA) is 76.4 Å². The molecule has 6 nitrogen and oxygen atoms in total. The van der Waals surface area contributed by atoms with Gasteiger partial charge in [0.25, 0.3) is 11.8 Å².